The van der Waals surface area contributed by atoms with Crippen LogP contribution in [-0.2, 0) is 6.42 Å². The van der Waals surface area contributed by atoms with E-state index in [2.05, 4.69) is 47.1 Å². The standard InChI is InChI=1S/C12H10Br2FN3/c1-2-11-17-10(14)6-12(18-11)16-9-4-3-7(13)5-8(9)15/h3-6H,2H2,1H3,(H,16,17,18). The van der Waals surface area contributed by atoms with Gasteiger partial charge in [-0.05, 0) is 34.1 Å². The van der Waals surface area contributed by atoms with Crippen LogP contribution in [0.4, 0.5) is 15.9 Å². The number of benzene rings is 1. The van der Waals surface area contributed by atoms with Crippen LogP contribution in [0.2, 0.25) is 0 Å². The number of rotatable bonds is 3. The smallest absolute Gasteiger partial charge is 0.147 e. The summed E-state index contributed by atoms with van der Waals surface area (Å²) in [5.41, 5.74) is 0.380. The highest BCUT2D eigenvalue weighted by Crippen LogP contribution is 2.23. The molecule has 0 bridgehead atoms. The van der Waals surface area contributed by atoms with E-state index < -0.39 is 0 Å². The Hall–Kier alpha value is -1.01. The van der Waals surface area contributed by atoms with E-state index in [1.807, 2.05) is 6.92 Å². The van der Waals surface area contributed by atoms with Crippen molar-refractivity contribution < 1.29 is 4.39 Å². The van der Waals surface area contributed by atoms with E-state index in [0.717, 1.165) is 6.42 Å². The summed E-state index contributed by atoms with van der Waals surface area (Å²) in [7, 11) is 0. The molecule has 2 aromatic rings. The van der Waals surface area contributed by atoms with Gasteiger partial charge in [0.05, 0.1) is 5.69 Å². The number of aromatic nitrogens is 2. The van der Waals surface area contributed by atoms with Crippen LogP contribution in [0.15, 0.2) is 33.3 Å². The van der Waals surface area contributed by atoms with Crippen molar-refractivity contribution in [2.45, 2.75) is 13.3 Å². The van der Waals surface area contributed by atoms with E-state index in [1.165, 1.54) is 6.07 Å². The van der Waals surface area contributed by atoms with Gasteiger partial charge in [-0.15, -0.1) is 0 Å². The molecule has 0 aliphatic heterocycles. The molecule has 0 aliphatic rings. The van der Waals surface area contributed by atoms with Crippen molar-refractivity contribution in [2.75, 3.05) is 5.32 Å². The molecule has 0 unspecified atom stereocenters. The summed E-state index contributed by atoms with van der Waals surface area (Å²) in [6.07, 6.45) is 0.719. The summed E-state index contributed by atoms with van der Waals surface area (Å²) in [6.45, 7) is 1.96. The minimum atomic E-state index is -0.336. The first kappa shape index (κ1) is 13.4. The molecule has 0 saturated carbocycles. The summed E-state index contributed by atoms with van der Waals surface area (Å²) in [5.74, 6) is 0.927. The summed E-state index contributed by atoms with van der Waals surface area (Å²) in [5, 5.41) is 2.94. The van der Waals surface area contributed by atoms with E-state index in [4.69, 9.17) is 0 Å². The third-order valence-corrected chi connectivity index (χ3v) is 3.15. The average molecular weight is 375 g/mol. The van der Waals surface area contributed by atoms with Crippen LogP contribution in [0.5, 0.6) is 0 Å². The Morgan fingerprint density at radius 1 is 1.22 bits per heavy atom. The second kappa shape index (κ2) is 5.75. The zero-order valence-corrected chi connectivity index (χ0v) is 12.7. The monoisotopic (exact) mass is 373 g/mol. The number of hydrogen-bond acceptors (Lipinski definition) is 3. The predicted molar refractivity (Wildman–Crippen MR) is 76.5 cm³/mol. The van der Waals surface area contributed by atoms with E-state index in [-0.39, 0.29) is 5.82 Å². The van der Waals surface area contributed by atoms with E-state index >= 15 is 0 Å². The molecule has 0 saturated heterocycles. The van der Waals surface area contributed by atoms with Crippen molar-refractivity contribution in [2.24, 2.45) is 0 Å². The van der Waals surface area contributed by atoms with Gasteiger partial charge in [0.15, 0.2) is 0 Å². The highest BCUT2D eigenvalue weighted by atomic mass is 79.9. The summed E-state index contributed by atoms with van der Waals surface area (Å²) < 4.78 is 15.0. The second-order valence-electron chi connectivity index (χ2n) is 3.59. The Morgan fingerprint density at radius 3 is 2.67 bits per heavy atom. The molecular formula is C12H10Br2FN3. The van der Waals surface area contributed by atoms with Gasteiger partial charge in [0.1, 0.15) is 22.1 Å². The molecule has 1 aromatic carbocycles. The van der Waals surface area contributed by atoms with Crippen molar-refractivity contribution in [3.63, 3.8) is 0 Å². The maximum Gasteiger partial charge on any atom is 0.147 e. The molecule has 3 nitrogen and oxygen atoms in total. The van der Waals surface area contributed by atoms with Crippen LogP contribution in [0, 0.1) is 5.82 Å². The van der Waals surface area contributed by atoms with E-state index in [1.54, 1.807) is 18.2 Å². The van der Waals surface area contributed by atoms with Crippen molar-refractivity contribution in [1.82, 2.24) is 9.97 Å². The fourth-order valence-corrected chi connectivity index (χ4v) is 2.17. The molecule has 0 amide bonds. The first-order valence-electron chi connectivity index (χ1n) is 5.34. The fraction of sp³-hybridized carbons (Fsp3) is 0.167. The van der Waals surface area contributed by atoms with E-state index in [0.29, 0.717) is 26.4 Å². The topological polar surface area (TPSA) is 37.8 Å². The molecule has 0 atom stereocenters. The number of hydrogen-bond donors (Lipinski definition) is 1. The normalized spacial score (nSPS) is 10.4. The summed E-state index contributed by atoms with van der Waals surface area (Å²) in [6, 6.07) is 6.53. The fourth-order valence-electron chi connectivity index (χ4n) is 1.42. The summed E-state index contributed by atoms with van der Waals surface area (Å²) in [4.78, 5) is 8.48. The Kier molecular flexibility index (Phi) is 4.29. The molecule has 0 spiro atoms. The minimum Gasteiger partial charge on any atom is -0.338 e. The van der Waals surface area contributed by atoms with Crippen molar-refractivity contribution in [3.05, 3.63) is 45.0 Å². The van der Waals surface area contributed by atoms with Gasteiger partial charge in [-0.3, -0.25) is 0 Å². The van der Waals surface area contributed by atoms with Crippen molar-refractivity contribution >= 4 is 43.4 Å². The van der Waals surface area contributed by atoms with Crippen LogP contribution in [0.1, 0.15) is 12.7 Å². The van der Waals surface area contributed by atoms with Crippen LogP contribution in [0.25, 0.3) is 0 Å². The van der Waals surface area contributed by atoms with Crippen molar-refractivity contribution in [3.8, 4) is 0 Å². The van der Waals surface area contributed by atoms with Gasteiger partial charge < -0.3 is 5.32 Å². The first-order chi connectivity index (χ1) is 8.58. The molecule has 1 N–H and O–H groups in total. The Bertz CT molecular complexity index is 575. The van der Waals surface area contributed by atoms with E-state index in [9.17, 15) is 4.39 Å². The quantitative estimate of drug-likeness (QED) is 0.806. The molecule has 0 aliphatic carbocycles. The van der Waals surface area contributed by atoms with Gasteiger partial charge in [0.25, 0.3) is 0 Å². The zero-order chi connectivity index (χ0) is 13.1. The average Bonchev–Trinajstić information content (AvgIpc) is 2.32. The lowest BCUT2D eigenvalue weighted by molar-refractivity contribution is 0.631. The second-order valence-corrected chi connectivity index (χ2v) is 5.32. The molecule has 6 heteroatoms. The first-order valence-corrected chi connectivity index (χ1v) is 6.92. The largest absolute Gasteiger partial charge is 0.338 e. The van der Waals surface area contributed by atoms with Crippen LogP contribution in [0.3, 0.4) is 0 Å². The highest BCUT2D eigenvalue weighted by molar-refractivity contribution is 9.10. The minimum absolute atomic E-state index is 0.336. The maximum atomic E-state index is 13.7. The van der Waals surface area contributed by atoms with Gasteiger partial charge in [-0.1, -0.05) is 22.9 Å². The molecule has 0 fully saturated rings. The van der Waals surface area contributed by atoms with Crippen LogP contribution in [-0.4, -0.2) is 9.97 Å². The molecule has 2 rings (SSSR count). The third-order valence-electron chi connectivity index (χ3n) is 2.25. The van der Waals surface area contributed by atoms with Gasteiger partial charge in [-0.2, -0.15) is 0 Å². The molecule has 94 valence electrons. The molecular weight excluding hydrogens is 365 g/mol. The molecule has 1 aromatic heterocycles. The number of aryl methyl sites for hydroxylation is 1. The predicted octanol–water partition coefficient (Wildman–Crippen LogP) is 4.45. The SMILES string of the molecule is CCc1nc(Br)cc(Nc2ccc(Br)cc2F)n1. The number of halogens is 3. The number of nitrogens with zero attached hydrogens (tertiary/aromatic N) is 2. The highest BCUT2D eigenvalue weighted by Gasteiger charge is 2.06. The maximum absolute atomic E-state index is 13.7. The number of anilines is 2. The Morgan fingerprint density at radius 2 is 2.00 bits per heavy atom. The van der Waals surface area contributed by atoms with Crippen LogP contribution >= 0.6 is 31.9 Å². The van der Waals surface area contributed by atoms with Crippen molar-refractivity contribution in [1.29, 1.82) is 0 Å². The lowest BCUT2D eigenvalue weighted by Gasteiger charge is -2.08. The summed E-state index contributed by atoms with van der Waals surface area (Å²) >= 11 is 6.52. The Balaban J connectivity index is 2.30. The lowest BCUT2D eigenvalue weighted by atomic mass is 10.3. The third kappa shape index (κ3) is 3.26. The van der Waals surface area contributed by atoms with Gasteiger partial charge in [0, 0.05) is 17.0 Å². The zero-order valence-electron chi connectivity index (χ0n) is 9.54. The Labute approximate surface area is 121 Å². The van der Waals surface area contributed by atoms with Gasteiger partial charge >= 0.3 is 0 Å². The lowest BCUT2D eigenvalue weighted by Crippen LogP contribution is -2.01. The molecule has 0 radical (unpaired) electrons. The van der Waals surface area contributed by atoms with Crippen LogP contribution < -0.4 is 5.32 Å². The molecule has 18 heavy (non-hydrogen) atoms. The van der Waals surface area contributed by atoms with Gasteiger partial charge in [-0.25, -0.2) is 14.4 Å². The van der Waals surface area contributed by atoms with Gasteiger partial charge in [0.2, 0.25) is 0 Å². The number of nitrogens with one attached hydrogen (secondary N) is 1. The molecule has 1 heterocycles.